The van der Waals surface area contributed by atoms with Crippen LogP contribution in [0, 0.1) is 17.7 Å². The number of rotatable bonds is 4. The summed E-state index contributed by atoms with van der Waals surface area (Å²) in [5.41, 5.74) is 0. The van der Waals surface area contributed by atoms with Gasteiger partial charge in [0, 0.05) is 12.5 Å². The van der Waals surface area contributed by atoms with Crippen LogP contribution in [0.3, 0.4) is 0 Å². The van der Waals surface area contributed by atoms with Crippen LogP contribution in [0.2, 0.25) is 5.02 Å². The Hall–Kier alpha value is -0.800. The minimum Gasteiger partial charge on any atom is -0.487 e. The lowest BCUT2D eigenvalue weighted by atomic mass is 9.92. The van der Waals surface area contributed by atoms with Gasteiger partial charge >= 0.3 is 0 Å². The Morgan fingerprint density at radius 1 is 1.44 bits per heavy atom. The van der Waals surface area contributed by atoms with Crippen LogP contribution in [-0.2, 0) is 0 Å². The first-order valence-electron chi connectivity index (χ1n) is 6.41. The molecule has 0 spiro atoms. The third-order valence-corrected chi connectivity index (χ3v) is 3.69. The summed E-state index contributed by atoms with van der Waals surface area (Å²) in [5.74, 6) is 0.570. The second-order valence-electron chi connectivity index (χ2n) is 5.13. The Balaban J connectivity index is 2.15. The zero-order valence-corrected chi connectivity index (χ0v) is 11.5. The Morgan fingerprint density at radius 2 is 2.22 bits per heavy atom. The molecule has 2 nitrogen and oxygen atoms in total. The maximum Gasteiger partial charge on any atom is 0.183 e. The minimum atomic E-state index is -0.462. The van der Waals surface area contributed by atoms with Crippen molar-refractivity contribution in [3.8, 4) is 5.75 Å². The van der Waals surface area contributed by atoms with E-state index in [1.54, 1.807) is 12.1 Å². The zero-order chi connectivity index (χ0) is 13.1. The summed E-state index contributed by atoms with van der Waals surface area (Å²) in [7, 11) is 0. The minimum absolute atomic E-state index is 0.0213. The van der Waals surface area contributed by atoms with E-state index < -0.39 is 5.82 Å². The molecular formula is C14H19ClFNO. The van der Waals surface area contributed by atoms with Crippen molar-refractivity contribution in [1.29, 1.82) is 0 Å². The Labute approximate surface area is 112 Å². The summed E-state index contributed by atoms with van der Waals surface area (Å²) in [6.07, 6.45) is 1.10. The average Bonchev–Trinajstić information content (AvgIpc) is 2.84. The fourth-order valence-electron chi connectivity index (χ4n) is 2.46. The van der Waals surface area contributed by atoms with E-state index in [4.69, 9.17) is 16.3 Å². The first kappa shape index (κ1) is 13.6. The van der Waals surface area contributed by atoms with Gasteiger partial charge in [-0.1, -0.05) is 31.5 Å². The van der Waals surface area contributed by atoms with Crippen LogP contribution in [0.25, 0.3) is 0 Å². The van der Waals surface area contributed by atoms with Gasteiger partial charge in [-0.3, -0.25) is 0 Å². The van der Waals surface area contributed by atoms with Crippen LogP contribution in [0.5, 0.6) is 5.75 Å². The molecule has 0 amide bonds. The normalized spacial score (nSPS) is 21.3. The number of hydrogen-bond donors (Lipinski definition) is 1. The van der Waals surface area contributed by atoms with Crippen LogP contribution in [-0.4, -0.2) is 19.2 Å². The molecule has 0 aromatic heterocycles. The highest BCUT2D eigenvalue weighted by molar-refractivity contribution is 6.30. The molecule has 0 unspecified atom stereocenters. The molecule has 4 heteroatoms. The van der Waals surface area contributed by atoms with E-state index in [0.717, 1.165) is 19.5 Å². The quantitative estimate of drug-likeness (QED) is 0.905. The molecule has 0 bridgehead atoms. The maximum absolute atomic E-state index is 13.8. The van der Waals surface area contributed by atoms with Crippen molar-refractivity contribution in [2.45, 2.75) is 26.4 Å². The summed E-state index contributed by atoms with van der Waals surface area (Å²) in [5, 5.41) is 3.43. The Kier molecular flexibility index (Phi) is 4.46. The van der Waals surface area contributed by atoms with Crippen LogP contribution in [0.1, 0.15) is 20.3 Å². The van der Waals surface area contributed by atoms with Crippen LogP contribution in [0.4, 0.5) is 4.39 Å². The summed E-state index contributed by atoms with van der Waals surface area (Å²) in [4.78, 5) is 0. The van der Waals surface area contributed by atoms with E-state index in [1.165, 1.54) is 6.07 Å². The third-order valence-electron chi connectivity index (χ3n) is 3.40. The monoisotopic (exact) mass is 271 g/mol. The van der Waals surface area contributed by atoms with Crippen molar-refractivity contribution in [3.63, 3.8) is 0 Å². The second-order valence-corrected chi connectivity index (χ2v) is 5.54. The van der Waals surface area contributed by atoms with Crippen molar-refractivity contribution >= 4 is 11.6 Å². The van der Waals surface area contributed by atoms with Gasteiger partial charge in [0.15, 0.2) is 11.6 Å². The van der Waals surface area contributed by atoms with Gasteiger partial charge in [-0.25, -0.2) is 4.39 Å². The molecule has 1 heterocycles. The molecule has 0 radical (unpaired) electrons. The highest BCUT2D eigenvalue weighted by Crippen LogP contribution is 2.29. The van der Waals surface area contributed by atoms with E-state index in [9.17, 15) is 4.39 Å². The second kappa shape index (κ2) is 5.89. The topological polar surface area (TPSA) is 21.3 Å². The molecule has 2 atom stereocenters. The lowest BCUT2D eigenvalue weighted by Gasteiger charge is -2.28. The standard InChI is InChI=1S/C14H19ClFNO/c1-9(2)14(10-6-7-17-8-10)18-12-5-3-4-11(15)13(12)16/h3-5,9-10,14,17H,6-8H2,1-2H3/t10-,14-/m0/s1. The Morgan fingerprint density at radius 3 is 2.83 bits per heavy atom. The molecule has 2 rings (SSSR count). The smallest absolute Gasteiger partial charge is 0.183 e. The molecule has 1 fully saturated rings. The van der Waals surface area contributed by atoms with Gasteiger partial charge in [0.2, 0.25) is 0 Å². The van der Waals surface area contributed by atoms with E-state index in [0.29, 0.717) is 11.8 Å². The van der Waals surface area contributed by atoms with E-state index in [-0.39, 0.29) is 16.9 Å². The fourth-order valence-corrected chi connectivity index (χ4v) is 2.62. The third kappa shape index (κ3) is 2.96. The van der Waals surface area contributed by atoms with Crippen LogP contribution >= 0.6 is 11.6 Å². The van der Waals surface area contributed by atoms with Crippen molar-refractivity contribution < 1.29 is 9.13 Å². The first-order chi connectivity index (χ1) is 8.59. The van der Waals surface area contributed by atoms with Gasteiger partial charge in [-0.05, 0) is 31.0 Å². The molecule has 1 N–H and O–H groups in total. The molecule has 1 saturated heterocycles. The number of hydrogen-bond acceptors (Lipinski definition) is 2. The zero-order valence-electron chi connectivity index (χ0n) is 10.7. The van der Waals surface area contributed by atoms with Gasteiger partial charge in [0.25, 0.3) is 0 Å². The average molecular weight is 272 g/mol. The first-order valence-corrected chi connectivity index (χ1v) is 6.78. The van der Waals surface area contributed by atoms with Crippen molar-refractivity contribution in [2.24, 2.45) is 11.8 Å². The van der Waals surface area contributed by atoms with E-state index in [2.05, 4.69) is 19.2 Å². The highest BCUT2D eigenvalue weighted by atomic mass is 35.5. The lowest BCUT2D eigenvalue weighted by molar-refractivity contribution is 0.0928. The molecule has 1 aromatic rings. The van der Waals surface area contributed by atoms with Crippen molar-refractivity contribution in [2.75, 3.05) is 13.1 Å². The Bertz CT molecular complexity index is 405. The van der Waals surface area contributed by atoms with Gasteiger partial charge < -0.3 is 10.1 Å². The molecule has 18 heavy (non-hydrogen) atoms. The molecule has 0 saturated carbocycles. The molecule has 1 aliphatic heterocycles. The SMILES string of the molecule is CC(C)[C@H](Oc1cccc(Cl)c1F)[C@H]1CCNC1. The molecular weight excluding hydrogens is 253 g/mol. The summed E-state index contributed by atoms with van der Waals surface area (Å²) in [6.45, 7) is 6.15. The van der Waals surface area contributed by atoms with Crippen LogP contribution < -0.4 is 10.1 Å². The van der Waals surface area contributed by atoms with E-state index >= 15 is 0 Å². The summed E-state index contributed by atoms with van der Waals surface area (Å²) >= 11 is 5.77. The molecule has 0 aliphatic carbocycles. The molecule has 1 aromatic carbocycles. The largest absolute Gasteiger partial charge is 0.487 e. The maximum atomic E-state index is 13.8. The van der Waals surface area contributed by atoms with Gasteiger partial charge in [0.1, 0.15) is 6.10 Å². The highest BCUT2D eigenvalue weighted by Gasteiger charge is 2.29. The number of ether oxygens (including phenoxy) is 1. The fraction of sp³-hybridized carbons (Fsp3) is 0.571. The van der Waals surface area contributed by atoms with Gasteiger partial charge in [-0.2, -0.15) is 0 Å². The number of benzene rings is 1. The molecule has 100 valence electrons. The predicted octanol–water partition coefficient (Wildman–Crippen LogP) is 3.49. The van der Waals surface area contributed by atoms with Gasteiger partial charge in [0.05, 0.1) is 5.02 Å². The number of nitrogens with one attached hydrogen (secondary N) is 1. The van der Waals surface area contributed by atoms with Gasteiger partial charge in [-0.15, -0.1) is 0 Å². The van der Waals surface area contributed by atoms with Crippen molar-refractivity contribution in [1.82, 2.24) is 5.32 Å². The molecule has 1 aliphatic rings. The lowest BCUT2D eigenvalue weighted by Crippen LogP contribution is -2.33. The summed E-state index contributed by atoms with van der Waals surface area (Å²) in [6, 6.07) is 4.88. The van der Waals surface area contributed by atoms with E-state index in [1.807, 2.05) is 0 Å². The summed E-state index contributed by atoms with van der Waals surface area (Å²) < 4.78 is 19.7. The van der Waals surface area contributed by atoms with Crippen molar-refractivity contribution in [3.05, 3.63) is 29.0 Å². The van der Waals surface area contributed by atoms with Crippen LogP contribution in [0.15, 0.2) is 18.2 Å². The predicted molar refractivity (Wildman–Crippen MR) is 71.6 cm³/mol. The number of halogens is 2.